The van der Waals surface area contributed by atoms with Gasteiger partial charge >= 0.3 is 0 Å². The van der Waals surface area contributed by atoms with Crippen molar-refractivity contribution in [2.45, 2.75) is 13.3 Å². The predicted molar refractivity (Wildman–Crippen MR) is 65.6 cm³/mol. The normalized spacial score (nSPS) is 10.8. The second kappa shape index (κ2) is 10.9. The molecule has 0 atom stereocenters. The Bertz CT molecular complexity index is 180. The minimum Gasteiger partial charge on any atom is -0.378 e. The molecule has 5 heteroatoms. The number of ether oxygens (including phenoxy) is 2. The van der Waals surface area contributed by atoms with E-state index in [2.05, 4.69) is 10.2 Å². The maximum absolute atomic E-state index is 10.9. The van der Waals surface area contributed by atoms with Crippen LogP contribution in [0.5, 0.6) is 0 Å². The molecule has 0 bridgehead atoms. The fourth-order valence-electron chi connectivity index (χ4n) is 0.957. The van der Waals surface area contributed by atoms with Crippen molar-refractivity contribution >= 4 is 5.91 Å². The SMILES string of the molecule is CCC(=O)NCCOCCOCCN(C)C.[HH]. The summed E-state index contributed by atoms with van der Waals surface area (Å²) in [5, 5.41) is 2.74. The first-order valence-electron chi connectivity index (χ1n) is 5.73. The van der Waals surface area contributed by atoms with Crippen molar-refractivity contribution in [3.63, 3.8) is 0 Å². The third-order valence-electron chi connectivity index (χ3n) is 1.94. The molecule has 0 unspecified atom stereocenters. The molecule has 0 aliphatic carbocycles. The highest BCUT2D eigenvalue weighted by atomic mass is 16.5. The Kier molecular flexibility index (Phi) is 10.4. The van der Waals surface area contributed by atoms with Crippen molar-refractivity contribution in [3.05, 3.63) is 0 Å². The molecule has 0 heterocycles. The quantitative estimate of drug-likeness (QED) is 0.554. The molecular formula is C11H26N2O3. The molecule has 16 heavy (non-hydrogen) atoms. The van der Waals surface area contributed by atoms with Crippen LogP contribution < -0.4 is 5.32 Å². The van der Waals surface area contributed by atoms with Crippen molar-refractivity contribution in [3.8, 4) is 0 Å². The Morgan fingerprint density at radius 2 is 1.81 bits per heavy atom. The number of likely N-dealkylation sites (N-methyl/N-ethyl adjacent to an activating group) is 1. The van der Waals surface area contributed by atoms with E-state index < -0.39 is 0 Å². The smallest absolute Gasteiger partial charge is 0.219 e. The molecule has 0 aliphatic rings. The van der Waals surface area contributed by atoms with Crippen LogP contribution in [-0.4, -0.2) is 64.4 Å². The molecule has 5 nitrogen and oxygen atoms in total. The number of carbonyl (C=O) groups is 1. The highest BCUT2D eigenvalue weighted by molar-refractivity contribution is 5.75. The summed E-state index contributed by atoms with van der Waals surface area (Å²) < 4.78 is 10.6. The fraction of sp³-hybridized carbons (Fsp3) is 0.909. The first-order valence-corrected chi connectivity index (χ1v) is 5.73. The summed E-state index contributed by atoms with van der Waals surface area (Å²) in [6, 6.07) is 0. The number of hydrogen-bond acceptors (Lipinski definition) is 4. The highest BCUT2D eigenvalue weighted by Gasteiger charge is 1.95. The van der Waals surface area contributed by atoms with Crippen molar-refractivity contribution in [2.75, 3.05) is 53.6 Å². The minimum atomic E-state index is 0. The van der Waals surface area contributed by atoms with Gasteiger partial charge in [-0.15, -0.1) is 0 Å². The van der Waals surface area contributed by atoms with E-state index in [9.17, 15) is 4.79 Å². The number of rotatable bonds is 10. The zero-order valence-corrected chi connectivity index (χ0v) is 10.6. The second-order valence-corrected chi connectivity index (χ2v) is 3.73. The van der Waals surface area contributed by atoms with E-state index in [4.69, 9.17) is 9.47 Å². The Morgan fingerprint density at radius 3 is 2.38 bits per heavy atom. The van der Waals surface area contributed by atoms with Gasteiger partial charge in [-0.3, -0.25) is 4.79 Å². The molecule has 1 amide bonds. The number of nitrogens with zero attached hydrogens (tertiary/aromatic N) is 1. The molecule has 98 valence electrons. The summed E-state index contributed by atoms with van der Waals surface area (Å²) in [6.45, 7) is 5.78. The maximum Gasteiger partial charge on any atom is 0.219 e. The topological polar surface area (TPSA) is 50.8 Å². The van der Waals surface area contributed by atoms with Gasteiger partial charge in [-0.05, 0) is 14.1 Å². The Morgan fingerprint density at radius 1 is 1.19 bits per heavy atom. The molecule has 0 saturated carbocycles. The highest BCUT2D eigenvalue weighted by Crippen LogP contribution is 1.81. The number of carbonyl (C=O) groups excluding carboxylic acids is 1. The Balaban J connectivity index is 0. The predicted octanol–water partition coefficient (Wildman–Crippen LogP) is 0.353. The van der Waals surface area contributed by atoms with Gasteiger partial charge in [0.15, 0.2) is 0 Å². The van der Waals surface area contributed by atoms with Gasteiger partial charge in [-0.25, -0.2) is 0 Å². The van der Waals surface area contributed by atoms with Crippen molar-refractivity contribution in [2.24, 2.45) is 0 Å². The maximum atomic E-state index is 10.9. The van der Waals surface area contributed by atoms with E-state index in [-0.39, 0.29) is 7.33 Å². The molecule has 0 saturated heterocycles. The van der Waals surface area contributed by atoms with E-state index in [0.29, 0.717) is 32.8 Å². The van der Waals surface area contributed by atoms with Crippen molar-refractivity contribution in [1.82, 2.24) is 10.2 Å². The lowest BCUT2D eigenvalue weighted by Crippen LogP contribution is -2.26. The zero-order valence-electron chi connectivity index (χ0n) is 10.6. The molecule has 0 fully saturated rings. The zero-order chi connectivity index (χ0) is 12.2. The average Bonchev–Trinajstić information content (AvgIpc) is 2.26. The van der Waals surface area contributed by atoms with Crippen LogP contribution in [0.4, 0.5) is 0 Å². The molecule has 0 rings (SSSR count). The third-order valence-corrected chi connectivity index (χ3v) is 1.94. The summed E-state index contributed by atoms with van der Waals surface area (Å²) >= 11 is 0. The van der Waals surface area contributed by atoms with E-state index in [1.807, 2.05) is 21.0 Å². The van der Waals surface area contributed by atoms with E-state index in [1.54, 1.807) is 0 Å². The standard InChI is InChI=1S/C11H24N2O3.H2/c1-4-11(14)12-5-7-15-9-10-16-8-6-13(2)3;/h4-10H2,1-3H3,(H,12,14);1H. The first-order chi connectivity index (χ1) is 7.66. The lowest BCUT2D eigenvalue weighted by atomic mass is 10.4. The molecule has 0 radical (unpaired) electrons. The van der Waals surface area contributed by atoms with Crippen LogP contribution in [-0.2, 0) is 14.3 Å². The van der Waals surface area contributed by atoms with Crippen molar-refractivity contribution in [1.29, 1.82) is 0 Å². The number of hydrogen-bond donors (Lipinski definition) is 1. The number of amides is 1. The van der Waals surface area contributed by atoms with E-state index in [1.165, 1.54) is 0 Å². The second-order valence-electron chi connectivity index (χ2n) is 3.73. The Hall–Kier alpha value is -0.650. The largest absolute Gasteiger partial charge is 0.378 e. The monoisotopic (exact) mass is 234 g/mol. The van der Waals surface area contributed by atoms with E-state index in [0.717, 1.165) is 13.2 Å². The summed E-state index contributed by atoms with van der Waals surface area (Å²) in [6.07, 6.45) is 0.521. The lowest BCUT2D eigenvalue weighted by Gasteiger charge is -2.10. The molecule has 0 aromatic carbocycles. The molecule has 0 spiro atoms. The van der Waals surface area contributed by atoms with Crippen LogP contribution in [0.15, 0.2) is 0 Å². The summed E-state index contributed by atoms with van der Waals surface area (Å²) in [7, 11) is 4.02. The molecule has 0 aromatic heterocycles. The van der Waals surface area contributed by atoms with Crippen LogP contribution >= 0.6 is 0 Å². The first kappa shape index (κ1) is 15.3. The minimum absolute atomic E-state index is 0. The van der Waals surface area contributed by atoms with Gasteiger partial charge in [0.1, 0.15) is 0 Å². The van der Waals surface area contributed by atoms with Crippen LogP contribution in [0.3, 0.4) is 0 Å². The van der Waals surface area contributed by atoms with Crippen LogP contribution in [0.25, 0.3) is 0 Å². The summed E-state index contributed by atoms with van der Waals surface area (Å²) in [5.74, 6) is 0.0610. The van der Waals surface area contributed by atoms with Gasteiger partial charge in [0.2, 0.25) is 5.91 Å². The van der Waals surface area contributed by atoms with Gasteiger partial charge in [-0.1, -0.05) is 6.92 Å². The summed E-state index contributed by atoms with van der Waals surface area (Å²) in [4.78, 5) is 12.9. The average molecular weight is 234 g/mol. The lowest BCUT2D eigenvalue weighted by molar-refractivity contribution is -0.121. The molecule has 1 N–H and O–H groups in total. The van der Waals surface area contributed by atoms with Crippen molar-refractivity contribution < 1.29 is 15.7 Å². The van der Waals surface area contributed by atoms with Gasteiger partial charge in [0.05, 0.1) is 26.4 Å². The van der Waals surface area contributed by atoms with Gasteiger partial charge < -0.3 is 19.7 Å². The van der Waals surface area contributed by atoms with Crippen LogP contribution in [0.2, 0.25) is 0 Å². The van der Waals surface area contributed by atoms with Crippen LogP contribution in [0.1, 0.15) is 14.8 Å². The Labute approximate surface area is 99.6 Å². The molecule has 0 aliphatic heterocycles. The summed E-state index contributed by atoms with van der Waals surface area (Å²) in [5.41, 5.74) is 0. The van der Waals surface area contributed by atoms with Crippen LogP contribution in [0, 0.1) is 0 Å². The molecule has 0 aromatic rings. The van der Waals surface area contributed by atoms with E-state index >= 15 is 0 Å². The van der Waals surface area contributed by atoms with Gasteiger partial charge in [0.25, 0.3) is 0 Å². The van der Waals surface area contributed by atoms with Gasteiger partial charge in [-0.2, -0.15) is 0 Å². The number of nitrogens with one attached hydrogen (secondary N) is 1. The molecular weight excluding hydrogens is 208 g/mol. The third kappa shape index (κ3) is 11.4. The van der Waals surface area contributed by atoms with Gasteiger partial charge in [0, 0.05) is 20.9 Å². The fourth-order valence-corrected chi connectivity index (χ4v) is 0.957.